The molecule has 2 aromatic carbocycles. The van der Waals surface area contributed by atoms with Crippen molar-refractivity contribution in [3.8, 4) is 22.5 Å². The van der Waals surface area contributed by atoms with Gasteiger partial charge in [-0.2, -0.15) is 9.61 Å². The molecule has 0 saturated heterocycles. The molecule has 6 nitrogen and oxygen atoms in total. The monoisotopic (exact) mass is 378 g/mol. The van der Waals surface area contributed by atoms with Crippen LogP contribution in [0.15, 0.2) is 73.1 Å². The molecule has 0 atom stereocenters. The van der Waals surface area contributed by atoms with Gasteiger partial charge in [0, 0.05) is 64.5 Å². The van der Waals surface area contributed by atoms with E-state index in [0.717, 1.165) is 50.0 Å². The van der Waals surface area contributed by atoms with Gasteiger partial charge in [-0.3, -0.25) is 0 Å². The predicted molar refractivity (Wildman–Crippen MR) is 117 cm³/mol. The molecule has 0 fully saturated rings. The first kappa shape index (κ1) is 15.9. The number of aromatic nitrogens is 5. The van der Waals surface area contributed by atoms with Crippen LogP contribution in [0.2, 0.25) is 0 Å². The number of benzene rings is 2. The van der Waals surface area contributed by atoms with Gasteiger partial charge in [0.15, 0.2) is 5.65 Å². The highest BCUT2D eigenvalue weighted by Gasteiger charge is 2.15. The smallest absolute Gasteiger partial charge is 0.158 e. The molecule has 6 aromatic rings. The number of H-pyrrole nitrogens is 1. The van der Waals surface area contributed by atoms with Gasteiger partial charge in [-0.05, 0) is 12.1 Å². The Morgan fingerprint density at radius 3 is 2.59 bits per heavy atom. The summed E-state index contributed by atoms with van der Waals surface area (Å²) in [6.45, 7) is 0. The zero-order valence-electron chi connectivity index (χ0n) is 15.8. The lowest BCUT2D eigenvalue weighted by Gasteiger charge is -2.03. The Bertz CT molecular complexity index is 1530. The normalized spacial score (nSPS) is 11.8. The van der Waals surface area contributed by atoms with E-state index in [2.05, 4.69) is 40.0 Å². The van der Waals surface area contributed by atoms with Crippen LogP contribution in [0.25, 0.3) is 50.0 Å². The maximum absolute atomic E-state index is 6.37. The number of anilines is 1. The van der Waals surface area contributed by atoms with Crippen LogP contribution in [0.1, 0.15) is 0 Å². The molecule has 0 spiro atoms. The first-order valence-electron chi connectivity index (χ1n) is 9.46. The molecule has 0 bridgehead atoms. The molecule has 4 heterocycles. The fourth-order valence-corrected chi connectivity index (χ4v) is 4.10. The number of aryl methyl sites for hydroxylation is 1. The average molecular weight is 378 g/mol. The summed E-state index contributed by atoms with van der Waals surface area (Å²) in [6, 6.07) is 20.4. The molecule has 140 valence electrons. The summed E-state index contributed by atoms with van der Waals surface area (Å²) in [5.74, 6) is 0.559. The molecule has 0 saturated carbocycles. The van der Waals surface area contributed by atoms with Crippen molar-refractivity contribution in [1.82, 2.24) is 24.1 Å². The number of nitrogen functional groups attached to an aromatic ring is 1. The van der Waals surface area contributed by atoms with Gasteiger partial charge >= 0.3 is 0 Å². The van der Waals surface area contributed by atoms with Crippen LogP contribution in [0.4, 0.5) is 5.82 Å². The molecule has 0 aliphatic heterocycles. The van der Waals surface area contributed by atoms with Gasteiger partial charge in [-0.1, -0.05) is 36.4 Å². The topological polar surface area (TPSA) is 76.9 Å². The second-order valence-electron chi connectivity index (χ2n) is 7.28. The molecule has 0 aliphatic carbocycles. The Labute approximate surface area is 166 Å². The highest BCUT2D eigenvalue weighted by atomic mass is 15.3. The highest BCUT2D eigenvalue weighted by Crippen LogP contribution is 2.32. The Hall–Kier alpha value is -4.06. The number of nitrogens with one attached hydrogen (secondary N) is 1. The van der Waals surface area contributed by atoms with Gasteiger partial charge in [0.25, 0.3) is 0 Å². The van der Waals surface area contributed by atoms with E-state index < -0.39 is 0 Å². The summed E-state index contributed by atoms with van der Waals surface area (Å²) in [7, 11) is 2.04. The van der Waals surface area contributed by atoms with Crippen molar-refractivity contribution < 1.29 is 0 Å². The Balaban J connectivity index is 1.56. The summed E-state index contributed by atoms with van der Waals surface area (Å²) in [6.07, 6.45) is 4.08. The Morgan fingerprint density at radius 1 is 0.897 bits per heavy atom. The fraction of sp³-hybridized carbons (Fsp3) is 0.0435. The van der Waals surface area contributed by atoms with E-state index in [0.29, 0.717) is 5.82 Å². The maximum Gasteiger partial charge on any atom is 0.158 e. The summed E-state index contributed by atoms with van der Waals surface area (Å²) in [4.78, 5) is 8.18. The van der Waals surface area contributed by atoms with Crippen LogP contribution in [0, 0.1) is 0 Å². The van der Waals surface area contributed by atoms with Crippen LogP contribution in [-0.2, 0) is 7.05 Å². The van der Waals surface area contributed by atoms with Crippen LogP contribution in [-0.4, -0.2) is 24.1 Å². The van der Waals surface area contributed by atoms with Gasteiger partial charge in [-0.25, -0.2) is 4.98 Å². The summed E-state index contributed by atoms with van der Waals surface area (Å²) in [5.41, 5.74) is 13.1. The summed E-state index contributed by atoms with van der Waals surface area (Å²) < 4.78 is 3.81. The summed E-state index contributed by atoms with van der Waals surface area (Å²) in [5, 5.41) is 6.99. The molecule has 6 heteroatoms. The number of hydrogen-bond acceptors (Lipinski definition) is 3. The van der Waals surface area contributed by atoms with Crippen LogP contribution in [0.5, 0.6) is 0 Å². The maximum atomic E-state index is 6.37. The van der Waals surface area contributed by atoms with Crippen LogP contribution in [0.3, 0.4) is 0 Å². The molecule has 0 radical (unpaired) electrons. The van der Waals surface area contributed by atoms with E-state index in [4.69, 9.17) is 15.8 Å². The van der Waals surface area contributed by atoms with E-state index in [1.165, 1.54) is 0 Å². The Morgan fingerprint density at radius 2 is 1.69 bits per heavy atom. The zero-order valence-corrected chi connectivity index (χ0v) is 15.8. The first-order chi connectivity index (χ1) is 14.2. The fourth-order valence-electron chi connectivity index (χ4n) is 4.10. The Kier molecular flexibility index (Phi) is 3.14. The van der Waals surface area contributed by atoms with E-state index in [1.54, 1.807) is 4.52 Å². The van der Waals surface area contributed by atoms with Gasteiger partial charge in [0.2, 0.25) is 0 Å². The number of para-hydroxylation sites is 2. The van der Waals surface area contributed by atoms with E-state index in [1.807, 2.05) is 49.6 Å². The lowest BCUT2D eigenvalue weighted by Crippen LogP contribution is -2.01. The van der Waals surface area contributed by atoms with Crippen molar-refractivity contribution in [1.29, 1.82) is 0 Å². The molecule has 4 aromatic heterocycles. The highest BCUT2D eigenvalue weighted by molar-refractivity contribution is 5.97. The molecule has 0 aliphatic rings. The largest absolute Gasteiger partial charge is 0.384 e. The number of nitrogens with two attached hydrogens (primary N) is 1. The van der Waals surface area contributed by atoms with Crippen molar-refractivity contribution in [2.75, 3.05) is 5.73 Å². The first-order valence-corrected chi connectivity index (χ1v) is 9.46. The van der Waals surface area contributed by atoms with Gasteiger partial charge in [0.1, 0.15) is 5.82 Å². The second kappa shape index (κ2) is 5.72. The quantitative estimate of drug-likeness (QED) is 0.462. The number of hydrogen-bond donors (Lipinski definition) is 2. The predicted octanol–water partition coefficient (Wildman–Crippen LogP) is 4.62. The summed E-state index contributed by atoms with van der Waals surface area (Å²) >= 11 is 0. The number of nitrogens with zero attached hydrogens (tertiary/aromatic N) is 4. The standard InChI is InChI=1S/C23H18N6/c1-28-13-17(15-7-3-5-9-21(15)28)19-10-22(24)29-23(26-19)11-20(27-29)16-12-25-18-8-4-2-6-14(16)18/h2-13,25H,24H2,1H3. The van der Waals surface area contributed by atoms with Gasteiger partial charge < -0.3 is 15.3 Å². The SMILES string of the molecule is Cn1cc(-c2cc(N)n3nc(-c4c[nH]c5ccccc45)cc3n2)c2ccccc21. The third-order valence-corrected chi connectivity index (χ3v) is 5.49. The van der Waals surface area contributed by atoms with E-state index in [-0.39, 0.29) is 0 Å². The van der Waals surface area contributed by atoms with Crippen molar-refractivity contribution in [3.63, 3.8) is 0 Å². The zero-order chi connectivity index (χ0) is 19.5. The molecule has 6 rings (SSSR count). The lowest BCUT2D eigenvalue weighted by molar-refractivity contribution is 0.955. The number of aromatic amines is 1. The molecule has 29 heavy (non-hydrogen) atoms. The third-order valence-electron chi connectivity index (χ3n) is 5.49. The second-order valence-corrected chi connectivity index (χ2v) is 7.28. The van der Waals surface area contributed by atoms with Crippen molar-refractivity contribution in [3.05, 3.63) is 73.1 Å². The minimum absolute atomic E-state index is 0.559. The van der Waals surface area contributed by atoms with Crippen molar-refractivity contribution in [2.45, 2.75) is 0 Å². The molecule has 0 unspecified atom stereocenters. The molecule has 3 N–H and O–H groups in total. The third kappa shape index (κ3) is 2.29. The average Bonchev–Trinajstić information content (AvgIpc) is 3.43. The lowest BCUT2D eigenvalue weighted by atomic mass is 10.1. The molecule has 0 amide bonds. The molecular weight excluding hydrogens is 360 g/mol. The van der Waals surface area contributed by atoms with E-state index >= 15 is 0 Å². The molecular formula is C23H18N6. The van der Waals surface area contributed by atoms with E-state index in [9.17, 15) is 0 Å². The van der Waals surface area contributed by atoms with Crippen LogP contribution >= 0.6 is 0 Å². The van der Waals surface area contributed by atoms with Crippen molar-refractivity contribution in [2.24, 2.45) is 7.05 Å². The van der Waals surface area contributed by atoms with Crippen LogP contribution < -0.4 is 5.73 Å². The number of fused-ring (bicyclic) bond motifs is 3. The minimum Gasteiger partial charge on any atom is -0.384 e. The van der Waals surface area contributed by atoms with Crippen molar-refractivity contribution >= 4 is 33.3 Å². The van der Waals surface area contributed by atoms with Gasteiger partial charge in [0.05, 0.1) is 11.4 Å². The van der Waals surface area contributed by atoms with Gasteiger partial charge in [-0.15, -0.1) is 0 Å². The minimum atomic E-state index is 0.559. The number of rotatable bonds is 2.